The third kappa shape index (κ3) is 5.04. The fraction of sp³-hybridized carbons (Fsp3) is 0.923. The summed E-state index contributed by atoms with van der Waals surface area (Å²) in [5.41, 5.74) is 0.290. The average molecular weight is 242 g/mol. The molecule has 1 aliphatic rings. The number of hydrogen-bond donors (Lipinski definition) is 2. The first-order chi connectivity index (χ1) is 8.22. The Morgan fingerprint density at radius 2 is 2.06 bits per heavy atom. The molecule has 1 amide bonds. The van der Waals surface area contributed by atoms with Gasteiger partial charge in [-0.25, -0.2) is 0 Å². The standard InChI is InChI=1S/C13H26N2O2/c1-3-17-9-8-13(6-4-5-7-13)11-15-12(16)10-14-2/h14H,3-11H2,1-2H3,(H,15,16). The van der Waals surface area contributed by atoms with Crippen LogP contribution in [0.5, 0.6) is 0 Å². The molecule has 0 aromatic rings. The predicted molar refractivity (Wildman–Crippen MR) is 68.9 cm³/mol. The summed E-state index contributed by atoms with van der Waals surface area (Å²) in [6.45, 7) is 4.83. The molecule has 1 saturated carbocycles. The van der Waals surface area contributed by atoms with E-state index in [4.69, 9.17) is 4.74 Å². The number of ether oxygens (including phenoxy) is 1. The third-order valence-corrected chi connectivity index (χ3v) is 3.64. The predicted octanol–water partition coefficient (Wildman–Crippen LogP) is 1.31. The molecule has 1 fully saturated rings. The van der Waals surface area contributed by atoms with Gasteiger partial charge in [0.15, 0.2) is 0 Å². The van der Waals surface area contributed by atoms with Gasteiger partial charge in [0.1, 0.15) is 0 Å². The number of carbonyl (C=O) groups excluding carboxylic acids is 1. The van der Waals surface area contributed by atoms with E-state index >= 15 is 0 Å². The quantitative estimate of drug-likeness (QED) is 0.631. The van der Waals surface area contributed by atoms with Gasteiger partial charge in [-0.05, 0) is 38.6 Å². The Kier molecular flexibility index (Phi) is 6.52. The highest BCUT2D eigenvalue weighted by molar-refractivity contribution is 5.77. The molecule has 4 heteroatoms. The molecule has 0 spiro atoms. The summed E-state index contributed by atoms with van der Waals surface area (Å²) in [5, 5.41) is 5.91. The van der Waals surface area contributed by atoms with Crippen LogP contribution in [0.25, 0.3) is 0 Å². The number of nitrogens with one attached hydrogen (secondary N) is 2. The molecular weight excluding hydrogens is 216 g/mol. The monoisotopic (exact) mass is 242 g/mol. The maximum absolute atomic E-state index is 11.5. The first-order valence-electron chi connectivity index (χ1n) is 6.71. The SMILES string of the molecule is CCOCCC1(CNC(=O)CNC)CCCC1. The molecule has 1 rings (SSSR count). The second-order valence-corrected chi connectivity index (χ2v) is 4.96. The molecule has 0 atom stereocenters. The van der Waals surface area contributed by atoms with Crippen molar-refractivity contribution in [2.45, 2.75) is 39.0 Å². The zero-order valence-corrected chi connectivity index (χ0v) is 11.2. The summed E-state index contributed by atoms with van der Waals surface area (Å²) in [7, 11) is 1.79. The number of carbonyl (C=O) groups is 1. The minimum absolute atomic E-state index is 0.0928. The average Bonchev–Trinajstić information content (AvgIpc) is 2.77. The minimum atomic E-state index is 0.0928. The van der Waals surface area contributed by atoms with Crippen molar-refractivity contribution in [3.05, 3.63) is 0 Å². The largest absolute Gasteiger partial charge is 0.382 e. The normalized spacial score (nSPS) is 18.2. The van der Waals surface area contributed by atoms with Crippen LogP contribution in [-0.2, 0) is 9.53 Å². The molecule has 0 radical (unpaired) electrons. The van der Waals surface area contributed by atoms with Crippen LogP contribution in [0.3, 0.4) is 0 Å². The Morgan fingerprint density at radius 3 is 2.65 bits per heavy atom. The number of likely N-dealkylation sites (N-methyl/N-ethyl adjacent to an activating group) is 1. The van der Waals surface area contributed by atoms with E-state index in [0.29, 0.717) is 12.0 Å². The first kappa shape index (κ1) is 14.5. The van der Waals surface area contributed by atoms with Crippen molar-refractivity contribution in [2.75, 3.05) is 33.4 Å². The third-order valence-electron chi connectivity index (χ3n) is 3.64. The molecule has 0 aromatic heterocycles. The smallest absolute Gasteiger partial charge is 0.233 e. The molecule has 0 bridgehead atoms. The van der Waals surface area contributed by atoms with Gasteiger partial charge in [0.25, 0.3) is 0 Å². The lowest BCUT2D eigenvalue weighted by Gasteiger charge is -2.29. The molecule has 0 aromatic carbocycles. The minimum Gasteiger partial charge on any atom is -0.382 e. The number of rotatable bonds is 8. The Balaban J connectivity index is 2.34. The molecule has 100 valence electrons. The highest BCUT2D eigenvalue weighted by Crippen LogP contribution is 2.40. The molecule has 17 heavy (non-hydrogen) atoms. The molecule has 0 heterocycles. The van der Waals surface area contributed by atoms with Crippen molar-refractivity contribution in [2.24, 2.45) is 5.41 Å². The van der Waals surface area contributed by atoms with Gasteiger partial charge >= 0.3 is 0 Å². The number of hydrogen-bond acceptors (Lipinski definition) is 3. The zero-order valence-electron chi connectivity index (χ0n) is 11.2. The van der Waals surface area contributed by atoms with Gasteiger partial charge in [0.05, 0.1) is 6.54 Å². The van der Waals surface area contributed by atoms with Crippen LogP contribution in [0.4, 0.5) is 0 Å². The summed E-state index contributed by atoms with van der Waals surface area (Å²) in [6.07, 6.45) is 6.09. The topological polar surface area (TPSA) is 50.4 Å². The molecule has 2 N–H and O–H groups in total. The van der Waals surface area contributed by atoms with Gasteiger partial charge in [-0.3, -0.25) is 4.79 Å². The van der Waals surface area contributed by atoms with E-state index in [0.717, 1.165) is 26.2 Å². The summed E-state index contributed by atoms with van der Waals surface area (Å²) in [6, 6.07) is 0. The van der Waals surface area contributed by atoms with Crippen LogP contribution >= 0.6 is 0 Å². The Morgan fingerprint density at radius 1 is 1.35 bits per heavy atom. The van der Waals surface area contributed by atoms with Crippen molar-refractivity contribution < 1.29 is 9.53 Å². The lowest BCUT2D eigenvalue weighted by atomic mass is 9.83. The zero-order chi connectivity index (χ0) is 12.6. The van der Waals surface area contributed by atoms with Crippen LogP contribution in [-0.4, -0.2) is 39.3 Å². The molecule has 1 aliphatic carbocycles. The van der Waals surface area contributed by atoms with Crippen molar-refractivity contribution in [1.29, 1.82) is 0 Å². The molecular formula is C13H26N2O2. The van der Waals surface area contributed by atoms with Crippen molar-refractivity contribution in [3.8, 4) is 0 Å². The van der Waals surface area contributed by atoms with E-state index in [1.807, 2.05) is 6.92 Å². The molecule has 4 nitrogen and oxygen atoms in total. The maximum Gasteiger partial charge on any atom is 0.233 e. The Labute approximate surface area is 104 Å². The van der Waals surface area contributed by atoms with Crippen LogP contribution in [0.1, 0.15) is 39.0 Å². The van der Waals surface area contributed by atoms with E-state index < -0.39 is 0 Å². The highest BCUT2D eigenvalue weighted by Gasteiger charge is 2.33. The summed E-state index contributed by atoms with van der Waals surface area (Å²) < 4.78 is 5.45. The first-order valence-corrected chi connectivity index (χ1v) is 6.71. The van der Waals surface area contributed by atoms with Crippen LogP contribution in [0.2, 0.25) is 0 Å². The molecule has 0 unspecified atom stereocenters. The van der Waals surface area contributed by atoms with Crippen molar-refractivity contribution in [3.63, 3.8) is 0 Å². The Bertz CT molecular complexity index is 225. The Hall–Kier alpha value is -0.610. The second-order valence-electron chi connectivity index (χ2n) is 4.96. The van der Waals surface area contributed by atoms with Gasteiger partial charge in [-0.2, -0.15) is 0 Å². The fourth-order valence-electron chi connectivity index (χ4n) is 2.58. The van der Waals surface area contributed by atoms with Gasteiger partial charge < -0.3 is 15.4 Å². The van der Waals surface area contributed by atoms with Crippen LogP contribution in [0, 0.1) is 5.41 Å². The maximum atomic E-state index is 11.5. The van der Waals surface area contributed by atoms with E-state index in [9.17, 15) is 4.79 Å². The van der Waals surface area contributed by atoms with E-state index in [1.165, 1.54) is 25.7 Å². The summed E-state index contributed by atoms with van der Waals surface area (Å²) >= 11 is 0. The highest BCUT2D eigenvalue weighted by atomic mass is 16.5. The van der Waals surface area contributed by atoms with Gasteiger partial charge in [0, 0.05) is 19.8 Å². The van der Waals surface area contributed by atoms with E-state index in [-0.39, 0.29) is 5.91 Å². The second kappa shape index (κ2) is 7.67. The lowest BCUT2D eigenvalue weighted by Crippen LogP contribution is -2.40. The van der Waals surface area contributed by atoms with E-state index in [2.05, 4.69) is 10.6 Å². The van der Waals surface area contributed by atoms with Gasteiger partial charge in [0.2, 0.25) is 5.91 Å². The van der Waals surface area contributed by atoms with Crippen molar-refractivity contribution in [1.82, 2.24) is 10.6 Å². The lowest BCUT2D eigenvalue weighted by molar-refractivity contribution is -0.120. The number of amides is 1. The molecule has 0 aliphatic heterocycles. The van der Waals surface area contributed by atoms with Gasteiger partial charge in [-0.15, -0.1) is 0 Å². The summed E-state index contributed by atoms with van der Waals surface area (Å²) in [5.74, 6) is 0.0928. The van der Waals surface area contributed by atoms with Crippen LogP contribution < -0.4 is 10.6 Å². The van der Waals surface area contributed by atoms with Crippen LogP contribution in [0.15, 0.2) is 0 Å². The van der Waals surface area contributed by atoms with Crippen molar-refractivity contribution >= 4 is 5.91 Å². The van der Waals surface area contributed by atoms with Gasteiger partial charge in [-0.1, -0.05) is 12.8 Å². The fourth-order valence-corrected chi connectivity index (χ4v) is 2.58. The molecule has 0 saturated heterocycles. The summed E-state index contributed by atoms with van der Waals surface area (Å²) in [4.78, 5) is 11.5. The van der Waals surface area contributed by atoms with E-state index in [1.54, 1.807) is 7.05 Å².